The maximum atomic E-state index is 15.0. The Morgan fingerprint density at radius 3 is 2.76 bits per heavy atom. The molecule has 4 fully saturated rings. The van der Waals surface area contributed by atoms with Gasteiger partial charge in [0.25, 0.3) is 5.92 Å². The van der Waals surface area contributed by atoms with Crippen molar-refractivity contribution < 1.29 is 23.2 Å². The molecule has 5 rings (SSSR count). The summed E-state index contributed by atoms with van der Waals surface area (Å²) < 4.78 is 29.9. The van der Waals surface area contributed by atoms with Crippen LogP contribution in [0.15, 0.2) is 18.2 Å². The highest BCUT2D eigenvalue weighted by atomic mass is 35.5. The Balaban J connectivity index is 1.54. The molecule has 3 saturated heterocycles. The van der Waals surface area contributed by atoms with Crippen LogP contribution in [0.5, 0.6) is 0 Å². The highest BCUT2D eigenvalue weighted by Gasteiger charge is 2.60. The summed E-state index contributed by atoms with van der Waals surface area (Å²) in [7, 11) is 0. The zero-order valence-electron chi connectivity index (χ0n) is 20.9. The zero-order valence-corrected chi connectivity index (χ0v) is 21.7. The van der Waals surface area contributed by atoms with Gasteiger partial charge in [0.2, 0.25) is 17.7 Å². The van der Waals surface area contributed by atoms with Crippen molar-refractivity contribution in [2.75, 3.05) is 11.9 Å². The predicted molar refractivity (Wildman–Crippen MR) is 134 cm³/mol. The van der Waals surface area contributed by atoms with Crippen LogP contribution in [0.4, 0.5) is 14.5 Å². The molecule has 0 aromatic heterocycles. The molecule has 1 aromatic rings. The molecule has 1 aliphatic carbocycles. The van der Waals surface area contributed by atoms with Gasteiger partial charge in [-0.15, -0.1) is 0 Å². The summed E-state index contributed by atoms with van der Waals surface area (Å²) in [6.45, 7) is 3.99. The Morgan fingerprint density at radius 2 is 2.08 bits per heavy atom. The number of nitrogens with one attached hydrogen (secondary N) is 3. The highest BCUT2D eigenvalue weighted by Crippen LogP contribution is 2.49. The van der Waals surface area contributed by atoms with Crippen molar-refractivity contribution >= 4 is 35.0 Å². The third-order valence-corrected chi connectivity index (χ3v) is 8.27. The van der Waals surface area contributed by atoms with Crippen molar-refractivity contribution in [2.24, 2.45) is 11.8 Å². The molecule has 8 nitrogen and oxygen atoms in total. The standard InChI is InChI=1S/C26H32ClF2N5O3/c1-14-20(27)6-3-7-21(14)32-15(2)25(37)34-18-8-9-19(26(28,29)12-18)22(34)24(36)33-17(13-30)11-16-5-4-10-31-23(16)35/h3,6-7,15-19,22,32H,4-5,8-12H2,1-2H3,(H,31,35)(H,33,36)/t15-,16-,17-,18-,19-,22-/m1/s1. The third kappa shape index (κ3) is 5.52. The van der Waals surface area contributed by atoms with E-state index in [1.165, 1.54) is 4.90 Å². The Labute approximate surface area is 220 Å². The number of halogens is 3. The zero-order chi connectivity index (χ0) is 26.9. The SMILES string of the molecule is Cc1c(Cl)cccc1N[C@H](C)C(=O)N1[C@@H]2CC[C@H]([C@@H]1C(=O)N[C@@H](C#N)C[C@H]1CCCNC1=O)C(F)(F)C2. The van der Waals surface area contributed by atoms with Crippen LogP contribution < -0.4 is 16.0 Å². The monoisotopic (exact) mass is 535 g/mol. The van der Waals surface area contributed by atoms with Gasteiger partial charge in [0.05, 0.1) is 12.0 Å². The average Bonchev–Trinajstić information content (AvgIpc) is 2.86. The summed E-state index contributed by atoms with van der Waals surface area (Å²) in [6.07, 6.45) is 1.42. The van der Waals surface area contributed by atoms with E-state index in [0.29, 0.717) is 30.1 Å². The number of anilines is 1. The van der Waals surface area contributed by atoms with Gasteiger partial charge in [-0.1, -0.05) is 17.7 Å². The number of nitriles is 1. The van der Waals surface area contributed by atoms with Gasteiger partial charge in [-0.25, -0.2) is 8.78 Å². The second-order valence-electron chi connectivity index (χ2n) is 10.3. The number of amides is 3. The minimum atomic E-state index is -3.10. The van der Waals surface area contributed by atoms with Crippen LogP contribution in [0.25, 0.3) is 0 Å². The summed E-state index contributed by atoms with van der Waals surface area (Å²) >= 11 is 6.19. The van der Waals surface area contributed by atoms with Crippen LogP contribution in [0, 0.1) is 30.1 Å². The molecule has 2 bridgehead atoms. The smallest absolute Gasteiger partial charge is 0.255 e. The van der Waals surface area contributed by atoms with E-state index < -0.39 is 60.2 Å². The van der Waals surface area contributed by atoms with E-state index in [2.05, 4.69) is 16.0 Å². The Morgan fingerprint density at radius 1 is 1.32 bits per heavy atom. The minimum absolute atomic E-state index is 0.0885. The van der Waals surface area contributed by atoms with Crippen molar-refractivity contribution in [3.05, 3.63) is 28.8 Å². The number of carbonyl (C=O) groups is 3. The highest BCUT2D eigenvalue weighted by molar-refractivity contribution is 6.31. The lowest BCUT2D eigenvalue weighted by Gasteiger charge is -2.54. The predicted octanol–water partition coefficient (Wildman–Crippen LogP) is 3.39. The molecule has 6 atom stereocenters. The molecule has 1 saturated carbocycles. The summed E-state index contributed by atoms with van der Waals surface area (Å²) in [6, 6.07) is 3.18. The van der Waals surface area contributed by atoms with Crippen LogP contribution in [-0.2, 0) is 14.4 Å². The maximum absolute atomic E-state index is 15.0. The van der Waals surface area contributed by atoms with Gasteiger partial charge in [0.1, 0.15) is 18.1 Å². The summed E-state index contributed by atoms with van der Waals surface area (Å²) in [5, 5.41) is 18.6. The van der Waals surface area contributed by atoms with Crippen LogP contribution in [0.3, 0.4) is 0 Å². The first-order valence-electron chi connectivity index (χ1n) is 12.7. The number of alkyl halides is 2. The Bertz CT molecular complexity index is 1110. The molecule has 3 heterocycles. The van der Waals surface area contributed by atoms with Gasteiger partial charge in [-0.05, 0) is 63.6 Å². The lowest BCUT2D eigenvalue weighted by Crippen LogP contribution is -2.70. The topological polar surface area (TPSA) is 114 Å². The van der Waals surface area contributed by atoms with Crippen molar-refractivity contribution in [3.63, 3.8) is 0 Å². The summed E-state index contributed by atoms with van der Waals surface area (Å²) in [5.74, 6) is -6.32. The molecule has 0 unspecified atom stereocenters. The Hall–Kier alpha value is -2.93. The van der Waals surface area contributed by atoms with E-state index in [1.54, 1.807) is 32.0 Å². The van der Waals surface area contributed by atoms with Gasteiger partial charge in [-0.3, -0.25) is 14.4 Å². The summed E-state index contributed by atoms with van der Waals surface area (Å²) in [5.41, 5.74) is 1.38. The van der Waals surface area contributed by atoms with Crippen molar-refractivity contribution in [1.29, 1.82) is 5.26 Å². The van der Waals surface area contributed by atoms with Crippen molar-refractivity contribution in [2.45, 2.75) is 82.5 Å². The third-order valence-electron chi connectivity index (χ3n) is 7.86. The lowest BCUT2D eigenvalue weighted by molar-refractivity contribution is -0.194. The number of hydrogen-bond acceptors (Lipinski definition) is 5. The quantitative estimate of drug-likeness (QED) is 0.495. The van der Waals surface area contributed by atoms with E-state index in [4.69, 9.17) is 11.6 Å². The van der Waals surface area contributed by atoms with Crippen LogP contribution in [0.1, 0.15) is 51.0 Å². The second-order valence-corrected chi connectivity index (χ2v) is 10.7. The molecular formula is C26H32ClF2N5O3. The number of benzene rings is 1. The fraction of sp³-hybridized carbons (Fsp3) is 0.615. The molecule has 11 heteroatoms. The molecule has 0 radical (unpaired) electrons. The molecular weight excluding hydrogens is 504 g/mol. The van der Waals surface area contributed by atoms with Gasteiger partial charge >= 0.3 is 0 Å². The van der Waals surface area contributed by atoms with Crippen LogP contribution in [0.2, 0.25) is 5.02 Å². The van der Waals surface area contributed by atoms with Crippen molar-refractivity contribution in [3.8, 4) is 6.07 Å². The molecule has 3 N–H and O–H groups in total. The maximum Gasteiger partial charge on any atom is 0.255 e. The number of rotatable bonds is 7. The van der Waals surface area contributed by atoms with Gasteiger partial charge in [-0.2, -0.15) is 5.26 Å². The fourth-order valence-electron chi connectivity index (χ4n) is 5.85. The second kappa shape index (κ2) is 10.8. The van der Waals surface area contributed by atoms with Crippen LogP contribution >= 0.6 is 11.6 Å². The molecule has 3 amide bonds. The van der Waals surface area contributed by atoms with E-state index in [0.717, 1.165) is 12.0 Å². The number of nitrogens with zero attached hydrogens (tertiary/aromatic N) is 2. The van der Waals surface area contributed by atoms with Gasteiger partial charge in [0.15, 0.2) is 0 Å². The number of hydrogen-bond donors (Lipinski definition) is 3. The van der Waals surface area contributed by atoms with E-state index >= 15 is 0 Å². The Kier molecular flexibility index (Phi) is 7.93. The average molecular weight is 536 g/mol. The van der Waals surface area contributed by atoms with E-state index in [9.17, 15) is 28.4 Å². The molecule has 37 heavy (non-hydrogen) atoms. The van der Waals surface area contributed by atoms with Gasteiger partial charge in [0, 0.05) is 35.6 Å². The van der Waals surface area contributed by atoms with Gasteiger partial charge < -0.3 is 20.9 Å². The van der Waals surface area contributed by atoms with Crippen LogP contribution in [-0.4, -0.2) is 59.3 Å². The number of carbonyl (C=O) groups excluding carboxylic acids is 3. The first-order chi connectivity index (χ1) is 17.5. The molecule has 1 aromatic carbocycles. The summed E-state index contributed by atoms with van der Waals surface area (Å²) in [4.78, 5) is 40.5. The van der Waals surface area contributed by atoms with E-state index in [-0.39, 0.29) is 18.7 Å². The number of fused-ring (bicyclic) bond motifs is 3. The van der Waals surface area contributed by atoms with E-state index in [1.807, 2.05) is 6.07 Å². The largest absolute Gasteiger partial charge is 0.374 e. The molecule has 200 valence electrons. The van der Waals surface area contributed by atoms with Crippen molar-refractivity contribution in [1.82, 2.24) is 15.5 Å². The minimum Gasteiger partial charge on any atom is -0.374 e. The number of piperidine rings is 3. The molecule has 0 spiro atoms. The first-order valence-corrected chi connectivity index (χ1v) is 13.1. The first kappa shape index (κ1) is 27.1. The lowest BCUT2D eigenvalue weighted by atomic mass is 9.71. The molecule has 4 aliphatic rings. The normalized spacial score (nSPS) is 28.0. The molecule has 3 aliphatic heterocycles. The fourth-order valence-corrected chi connectivity index (χ4v) is 6.03.